The summed E-state index contributed by atoms with van der Waals surface area (Å²) in [5.74, 6) is 0. The molecule has 0 saturated carbocycles. The van der Waals surface area contributed by atoms with Gasteiger partial charge < -0.3 is 4.90 Å². The molecule has 0 unspecified atom stereocenters. The van der Waals surface area contributed by atoms with Crippen LogP contribution >= 0.6 is 23.6 Å². The van der Waals surface area contributed by atoms with E-state index in [-0.39, 0.29) is 0 Å². The van der Waals surface area contributed by atoms with E-state index in [1.165, 1.54) is 16.9 Å². The molecule has 0 amide bonds. The zero-order chi connectivity index (χ0) is 12.3. The van der Waals surface area contributed by atoms with Crippen LogP contribution in [0.5, 0.6) is 0 Å². The summed E-state index contributed by atoms with van der Waals surface area (Å²) in [6.07, 6.45) is 0. The average Bonchev–Trinajstić information content (AvgIpc) is 2.73. The first kappa shape index (κ1) is 12.3. The van der Waals surface area contributed by atoms with Crippen LogP contribution in [-0.4, -0.2) is 16.2 Å². The molecule has 0 radical (unpaired) electrons. The Balaban J connectivity index is 2.22. The molecule has 5 heteroatoms. The minimum atomic E-state index is 0.393. The second kappa shape index (κ2) is 5.42. The van der Waals surface area contributed by atoms with Crippen molar-refractivity contribution >= 4 is 28.7 Å². The van der Waals surface area contributed by atoms with Crippen molar-refractivity contribution in [2.75, 3.05) is 4.90 Å². The van der Waals surface area contributed by atoms with E-state index in [4.69, 9.17) is 12.2 Å². The van der Waals surface area contributed by atoms with Gasteiger partial charge in [-0.1, -0.05) is 41.7 Å². The highest BCUT2D eigenvalue weighted by Gasteiger charge is 2.14. The molecule has 0 aliphatic heterocycles. The lowest BCUT2D eigenvalue weighted by Gasteiger charge is -2.25. The summed E-state index contributed by atoms with van der Waals surface area (Å²) in [4.78, 5) is 2.24. The zero-order valence-corrected chi connectivity index (χ0v) is 11.5. The van der Waals surface area contributed by atoms with Gasteiger partial charge in [0.15, 0.2) is 3.95 Å². The summed E-state index contributed by atoms with van der Waals surface area (Å²) < 4.78 is 0.721. The molecule has 0 saturated heterocycles. The van der Waals surface area contributed by atoms with Crippen molar-refractivity contribution in [1.29, 1.82) is 0 Å². The number of hydrogen-bond donors (Lipinski definition) is 1. The fourth-order valence-corrected chi connectivity index (χ4v) is 2.61. The maximum Gasteiger partial charge on any atom is 0.207 e. The Morgan fingerprint density at radius 1 is 1.35 bits per heavy atom. The first-order chi connectivity index (χ1) is 8.16. The lowest BCUT2D eigenvalue weighted by Crippen LogP contribution is -2.30. The predicted molar refractivity (Wildman–Crippen MR) is 75.1 cm³/mol. The predicted octanol–water partition coefficient (Wildman–Crippen LogP) is 3.62. The van der Waals surface area contributed by atoms with Crippen LogP contribution in [0.3, 0.4) is 0 Å². The van der Waals surface area contributed by atoms with Crippen molar-refractivity contribution in [2.24, 2.45) is 0 Å². The summed E-state index contributed by atoms with van der Waals surface area (Å²) in [7, 11) is 0. The Morgan fingerprint density at radius 2 is 2.06 bits per heavy atom. The normalized spacial score (nSPS) is 10.8. The summed E-state index contributed by atoms with van der Waals surface area (Å²) in [6, 6.07) is 10.8. The van der Waals surface area contributed by atoms with Gasteiger partial charge in [0.25, 0.3) is 0 Å². The highest BCUT2D eigenvalue weighted by atomic mass is 32.1. The van der Waals surface area contributed by atoms with Crippen LogP contribution in [0.1, 0.15) is 19.4 Å². The molecule has 90 valence electrons. The van der Waals surface area contributed by atoms with E-state index in [0.29, 0.717) is 6.04 Å². The quantitative estimate of drug-likeness (QED) is 0.857. The van der Waals surface area contributed by atoms with Gasteiger partial charge in [-0.2, -0.15) is 0 Å². The molecule has 0 bridgehead atoms. The number of rotatable bonds is 4. The third-order valence-electron chi connectivity index (χ3n) is 2.49. The molecular weight excluding hydrogens is 250 g/mol. The van der Waals surface area contributed by atoms with Gasteiger partial charge in [0, 0.05) is 12.6 Å². The molecule has 17 heavy (non-hydrogen) atoms. The van der Waals surface area contributed by atoms with Gasteiger partial charge in [0.1, 0.15) is 0 Å². The van der Waals surface area contributed by atoms with Crippen molar-refractivity contribution in [1.82, 2.24) is 10.2 Å². The van der Waals surface area contributed by atoms with Crippen LogP contribution in [0.4, 0.5) is 5.13 Å². The molecule has 0 fully saturated rings. The second-order valence-corrected chi connectivity index (χ2v) is 5.75. The van der Waals surface area contributed by atoms with Crippen molar-refractivity contribution in [2.45, 2.75) is 26.4 Å². The molecule has 0 aliphatic rings. The first-order valence-electron chi connectivity index (χ1n) is 5.53. The van der Waals surface area contributed by atoms with E-state index in [0.717, 1.165) is 15.6 Å². The molecule has 2 rings (SSSR count). The Bertz CT molecular complexity index is 516. The fraction of sp³-hybridized carbons (Fsp3) is 0.333. The standard InChI is InChI=1S/C12H15N3S2/c1-9(2)15(11-13-14-12(16)17-11)8-10-6-4-3-5-7-10/h3-7,9H,8H2,1-2H3,(H,14,16). The van der Waals surface area contributed by atoms with E-state index in [1.807, 2.05) is 6.07 Å². The van der Waals surface area contributed by atoms with Crippen LogP contribution in [0.2, 0.25) is 0 Å². The molecule has 0 atom stereocenters. The van der Waals surface area contributed by atoms with E-state index < -0.39 is 0 Å². The van der Waals surface area contributed by atoms with Crippen LogP contribution in [0, 0.1) is 3.95 Å². The smallest absolute Gasteiger partial charge is 0.207 e. The third kappa shape index (κ3) is 3.14. The lowest BCUT2D eigenvalue weighted by atomic mass is 10.2. The number of benzene rings is 1. The van der Waals surface area contributed by atoms with Gasteiger partial charge in [0.05, 0.1) is 0 Å². The summed E-state index contributed by atoms with van der Waals surface area (Å²) >= 11 is 6.59. The number of nitrogens with one attached hydrogen (secondary N) is 1. The highest BCUT2D eigenvalue weighted by Crippen LogP contribution is 2.22. The van der Waals surface area contributed by atoms with Gasteiger partial charge in [-0.15, -0.1) is 5.10 Å². The Labute approximate surface area is 110 Å². The molecule has 1 aromatic heterocycles. The molecule has 1 heterocycles. The van der Waals surface area contributed by atoms with Crippen molar-refractivity contribution in [3.63, 3.8) is 0 Å². The third-order valence-corrected chi connectivity index (χ3v) is 3.62. The fourth-order valence-electron chi connectivity index (χ4n) is 1.60. The van der Waals surface area contributed by atoms with Gasteiger partial charge in [-0.3, -0.25) is 5.10 Å². The SMILES string of the molecule is CC(C)N(Cc1ccccc1)c1n[nH]c(=S)s1. The maximum atomic E-state index is 5.08. The monoisotopic (exact) mass is 265 g/mol. The number of aromatic amines is 1. The number of hydrogen-bond acceptors (Lipinski definition) is 4. The zero-order valence-electron chi connectivity index (χ0n) is 9.88. The molecule has 3 nitrogen and oxygen atoms in total. The minimum absolute atomic E-state index is 0.393. The summed E-state index contributed by atoms with van der Waals surface area (Å²) in [5, 5.41) is 8.03. The molecule has 1 aromatic carbocycles. The minimum Gasteiger partial charge on any atom is -0.340 e. The largest absolute Gasteiger partial charge is 0.340 e. The molecule has 0 spiro atoms. The average molecular weight is 265 g/mol. The van der Waals surface area contributed by atoms with Crippen LogP contribution < -0.4 is 4.90 Å². The number of aromatic nitrogens is 2. The number of anilines is 1. The van der Waals surface area contributed by atoms with Crippen LogP contribution in [-0.2, 0) is 6.54 Å². The van der Waals surface area contributed by atoms with Gasteiger partial charge in [0.2, 0.25) is 5.13 Å². The Morgan fingerprint density at radius 3 is 2.59 bits per heavy atom. The van der Waals surface area contributed by atoms with Crippen molar-refractivity contribution < 1.29 is 0 Å². The topological polar surface area (TPSA) is 31.9 Å². The van der Waals surface area contributed by atoms with Gasteiger partial charge >= 0.3 is 0 Å². The second-order valence-electron chi connectivity index (χ2n) is 4.10. The van der Waals surface area contributed by atoms with E-state index >= 15 is 0 Å². The van der Waals surface area contributed by atoms with Crippen LogP contribution in [0.25, 0.3) is 0 Å². The van der Waals surface area contributed by atoms with Crippen LogP contribution in [0.15, 0.2) is 30.3 Å². The number of nitrogens with zero attached hydrogens (tertiary/aromatic N) is 2. The molecule has 2 aromatic rings. The van der Waals surface area contributed by atoms with E-state index in [1.54, 1.807) is 0 Å². The molecule has 1 N–H and O–H groups in total. The van der Waals surface area contributed by atoms with Gasteiger partial charge in [-0.05, 0) is 31.6 Å². The molecule has 0 aliphatic carbocycles. The number of H-pyrrole nitrogens is 1. The van der Waals surface area contributed by atoms with Gasteiger partial charge in [-0.25, -0.2) is 0 Å². The highest BCUT2D eigenvalue weighted by molar-refractivity contribution is 7.73. The van der Waals surface area contributed by atoms with Crippen molar-refractivity contribution in [3.05, 3.63) is 39.8 Å². The summed E-state index contributed by atoms with van der Waals surface area (Å²) in [5.41, 5.74) is 1.28. The molecular formula is C12H15N3S2. The Kier molecular flexibility index (Phi) is 3.91. The van der Waals surface area contributed by atoms with E-state index in [9.17, 15) is 0 Å². The van der Waals surface area contributed by atoms with E-state index in [2.05, 4.69) is 53.2 Å². The summed E-state index contributed by atoms with van der Waals surface area (Å²) in [6.45, 7) is 5.18. The van der Waals surface area contributed by atoms with Crippen molar-refractivity contribution in [3.8, 4) is 0 Å². The Hall–Kier alpha value is -1.20. The lowest BCUT2D eigenvalue weighted by molar-refractivity contribution is 0.675. The first-order valence-corrected chi connectivity index (χ1v) is 6.75. The maximum absolute atomic E-state index is 5.08.